The number of hydrogen-bond donors (Lipinski definition) is 2. The lowest BCUT2D eigenvalue weighted by Crippen LogP contribution is -2.10. The molecule has 5 nitrogen and oxygen atoms in total. The van der Waals surface area contributed by atoms with Crippen LogP contribution in [0.15, 0.2) is 35.4 Å². The molecule has 0 atom stereocenters. The third-order valence-corrected chi connectivity index (χ3v) is 3.63. The number of aromatic nitrogens is 2. The van der Waals surface area contributed by atoms with E-state index in [1.807, 2.05) is 0 Å². The Hall–Kier alpha value is -2.09. The first-order valence-electron chi connectivity index (χ1n) is 6.01. The first-order chi connectivity index (χ1) is 9.99. The molecule has 21 heavy (non-hydrogen) atoms. The van der Waals surface area contributed by atoms with E-state index >= 15 is 0 Å². The van der Waals surface area contributed by atoms with Crippen molar-refractivity contribution in [3.05, 3.63) is 41.7 Å². The monoisotopic (exact) mass is 313 g/mol. The fourth-order valence-electron chi connectivity index (χ4n) is 1.84. The average Bonchev–Trinajstić information content (AvgIpc) is 2.78. The van der Waals surface area contributed by atoms with Crippen LogP contribution in [0.4, 0.5) is 14.5 Å². The maximum atomic E-state index is 12.5. The molecule has 0 bridgehead atoms. The van der Waals surface area contributed by atoms with Crippen molar-refractivity contribution in [2.45, 2.75) is 17.2 Å². The smallest absolute Gasteiger partial charge is 0.339 e. The number of para-hydroxylation sites is 1. The van der Waals surface area contributed by atoms with Crippen LogP contribution >= 0.6 is 11.8 Å². The number of aromatic carboxylic acids is 1. The predicted molar refractivity (Wildman–Crippen MR) is 75.8 cm³/mol. The van der Waals surface area contributed by atoms with Gasteiger partial charge in [0.2, 0.25) is 0 Å². The highest BCUT2D eigenvalue weighted by Gasteiger charge is 2.15. The SMILES string of the molecule is Cn1ncc(C(=O)O)c1CNc1ccccc1SC(F)F. The van der Waals surface area contributed by atoms with Gasteiger partial charge in [-0.05, 0) is 12.1 Å². The molecule has 0 aliphatic carbocycles. The molecule has 112 valence electrons. The van der Waals surface area contributed by atoms with E-state index in [0.29, 0.717) is 28.0 Å². The molecule has 0 radical (unpaired) electrons. The van der Waals surface area contributed by atoms with Crippen molar-refractivity contribution in [2.24, 2.45) is 7.05 Å². The van der Waals surface area contributed by atoms with Gasteiger partial charge in [0.1, 0.15) is 5.56 Å². The second-order valence-corrected chi connectivity index (χ2v) is 5.19. The van der Waals surface area contributed by atoms with Crippen LogP contribution in [-0.2, 0) is 13.6 Å². The molecule has 0 spiro atoms. The van der Waals surface area contributed by atoms with Crippen LogP contribution in [0.5, 0.6) is 0 Å². The first-order valence-corrected chi connectivity index (χ1v) is 6.89. The van der Waals surface area contributed by atoms with Gasteiger partial charge in [-0.25, -0.2) is 4.79 Å². The molecular formula is C13H13F2N3O2S. The molecule has 2 aromatic rings. The number of aryl methyl sites for hydroxylation is 1. The Balaban J connectivity index is 2.17. The summed E-state index contributed by atoms with van der Waals surface area (Å²) in [5, 5.41) is 15.9. The summed E-state index contributed by atoms with van der Waals surface area (Å²) in [4.78, 5) is 11.5. The molecule has 8 heteroatoms. The van der Waals surface area contributed by atoms with E-state index in [9.17, 15) is 13.6 Å². The molecule has 0 unspecified atom stereocenters. The molecule has 1 aromatic carbocycles. The van der Waals surface area contributed by atoms with E-state index in [1.54, 1.807) is 31.3 Å². The van der Waals surface area contributed by atoms with Crippen molar-refractivity contribution in [1.29, 1.82) is 0 Å². The predicted octanol–water partition coefficient (Wildman–Crippen LogP) is 3.05. The van der Waals surface area contributed by atoms with E-state index < -0.39 is 11.7 Å². The van der Waals surface area contributed by atoms with Crippen molar-refractivity contribution in [3.63, 3.8) is 0 Å². The number of carboxylic acids is 1. The molecule has 0 saturated carbocycles. The highest BCUT2D eigenvalue weighted by Crippen LogP contribution is 2.31. The molecule has 0 fully saturated rings. The largest absolute Gasteiger partial charge is 0.478 e. The normalized spacial score (nSPS) is 10.9. The lowest BCUT2D eigenvalue weighted by atomic mass is 10.2. The van der Waals surface area contributed by atoms with E-state index in [4.69, 9.17) is 5.11 Å². The number of halogens is 2. The zero-order chi connectivity index (χ0) is 15.4. The Kier molecular flexibility index (Phi) is 4.79. The van der Waals surface area contributed by atoms with Gasteiger partial charge in [-0.1, -0.05) is 23.9 Å². The lowest BCUT2D eigenvalue weighted by molar-refractivity contribution is 0.0695. The van der Waals surface area contributed by atoms with Crippen LogP contribution in [0, 0.1) is 0 Å². The van der Waals surface area contributed by atoms with Gasteiger partial charge < -0.3 is 10.4 Å². The number of carbonyl (C=O) groups is 1. The van der Waals surface area contributed by atoms with Crippen LogP contribution in [0.2, 0.25) is 0 Å². The number of alkyl halides is 2. The molecule has 2 rings (SSSR count). The Morgan fingerprint density at radius 3 is 2.86 bits per heavy atom. The van der Waals surface area contributed by atoms with Crippen LogP contribution in [0.25, 0.3) is 0 Å². The van der Waals surface area contributed by atoms with Gasteiger partial charge in [0, 0.05) is 17.6 Å². The Morgan fingerprint density at radius 2 is 2.19 bits per heavy atom. The molecule has 2 N–H and O–H groups in total. The second kappa shape index (κ2) is 6.57. The van der Waals surface area contributed by atoms with Crippen LogP contribution in [-0.4, -0.2) is 26.6 Å². The summed E-state index contributed by atoms with van der Waals surface area (Å²) in [6.45, 7) is 0.180. The number of anilines is 1. The Bertz CT molecular complexity index is 646. The van der Waals surface area contributed by atoms with Crippen LogP contribution < -0.4 is 5.32 Å². The van der Waals surface area contributed by atoms with Gasteiger partial charge in [0.25, 0.3) is 5.76 Å². The highest BCUT2D eigenvalue weighted by atomic mass is 32.2. The van der Waals surface area contributed by atoms with Gasteiger partial charge in [-0.15, -0.1) is 0 Å². The van der Waals surface area contributed by atoms with Crippen LogP contribution in [0.3, 0.4) is 0 Å². The summed E-state index contributed by atoms with van der Waals surface area (Å²) in [6.07, 6.45) is 1.26. The highest BCUT2D eigenvalue weighted by molar-refractivity contribution is 7.99. The van der Waals surface area contributed by atoms with E-state index in [2.05, 4.69) is 10.4 Å². The molecule has 0 aliphatic heterocycles. The molecule has 0 aliphatic rings. The summed E-state index contributed by atoms with van der Waals surface area (Å²) < 4.78 is 26.4. The summed E-state index contributed by atoms with van der Waals surface area (Å²) in [6, 6.07) is 6.64. The maximum absolute atomic E-state index is 12.5. The number of benzene rings is 1. The second-order valence-electron chi connectivity index (χ2n) is 4.16. The number of carboxylic acid groups (broad SMARTS) is 1. The van der Waals surface area contributed by atoms with Crippen molar-refractivity contribution < 1.29 is 18.7 Å². The summed E-state index contributed by atoms with van der Waals surface area (Å²) in [5.41, 5.74) is 1.09. The minimum Gasteiger partial charge on any atom is -0.478 e. The summed E-state index contributed by atoms with van der Waals surface area (Å²) in [7, 11) is 1.63. The quantitative estimate of drug-likeness (QED) is 0.802. The van der Waals surface area contributed by atoms with E-state index in [-0.39, 0.29) is 12.1 Å². The number of thioether (sulfide) groups is 1. The van der Waals surface area contributed by atoms with Crippen molar-refractivity contribution in [2.75, 3.05) is 5.32 Å². The third kappa shape index (κ3) is 3.72. The summed E-state index contributed by atoms with van der Waals surface area (Å²) >= 11 is 0.442. The number of nitrogens with one attached hydrogen (secondary N) is 1. The minimum absolute atomic E-state index is 0.0870. The van der Waals surface area contributed by atoms with E-state index in [0.717, 1.165) is 0 Å². The first kappa shape index (κ1) is 15.3. The molecule has 0 amide bonds. The Morgan fingerprint density at radius 1 is 1.48 bits per heavy atom. The van der Waals surface area contributed by atoms with Crippen molar-refractivity contribution in [3.8, 4) is 0 Å². The minimum atomic E-state index is -2.51. The van der Waals surface area contributed by atoms with Crippen LogP contribution in [0.1, 0.15) is 16.1 Å². The summed E-state index contributed by atoms with van der Waals surface area (Å²) in [5.74, 6) is -3.59. The fraction of sp³-hybridized carbons (Fsp3) is 0.231. The van der Waals surface area contributed by atoms with Gasteiger partial charge in [0.05, 0.1) is 18.4 Å². The number of nitrogens with zero attached hydrogens (tertiary/aromatic N) is 2. The molecular weight excluding hydrogens is 300 g/mol. The van der Waals surface area contributed by atoms with Gasteiger partial charge in [-0.2, -0.15) is 13.9 Å². The van der Waals surface area contributed by atoms with Gasteiger partial charge in [0.15, 0.2) is 0 Å². The van der Waals surface area contributed by atoms with Gasteiger partial charge >= 0.3 is 5.97 Å². The lowest BCUT2D eigenvalue weighted by Gasteiger charge is -2.12. The van der Waals surface area contributed by atoms with Gasteiger partial charge in [-0.3, -0.25) is 4.68 Å². The topological polar surface area (TPSA) is 67.2 Å². The van der Waals surface area contributed by atoms with E-state index in [1.165, 1.54) is 10.9 Å². The number of rotatable bonds is 6. The standard InChI is InChI=1S/C13H13F2N3O2S/c1-18-10(8(6-17-18)12(19)20)7-16-9-4-2-3-5-11(9)21-13(14)15/h2-6,13,16H,7H2,1H3,(H,19,20). The maximum Gasteiger partial charge on any atom is 0.339 e. The zero-order valence-electron chi connectivity index (χ0n) is 11.1. The Labute approximate surface area is 124 Å². The molecule has 1 aromatic heterocycles. The molecule has 1 heterocycles. The average molecular weight is 313 g/mol. The molecule has 0 saturated heterocycles. The zero-order valence-corrected chi connectivity index (χ0v) is 11.9. The fourth-order valence-corrected chi connectivity index (χ4v) is 2.46. The third-order valence-electron chi connectivity index (χ3n) is 2.84. The van der Waals surface area contributed by atoms with Crippen molar-refractivity contribution in [1.82, 2.24) is 9.78 Å². The van der Waals surface area contributed by atoms with Crippen molar-refractivity contribution >= 4 is 23.4 Å². The number of hydrogen-bond acceptors (Lipinski definition) is 4.